The Bertz CT molecular complexity index is 1620. The highest BCUT2D eigenvalue weighted by atomic mass is 32.2. The Labute approximate surface area is 236 Å². The molecule has 1 aromatic heterocycles. The summed E-state index contributed by atoms with van der Waals surface area (Å²) in [6.07, 6.45) is 1.57. The smallest absolute Gasteiger partial charge is 0.264 e. The molecule has 4 aromatic rings. The molecular weight excluding hydrogens is 524 g/mol. The predicted octanol–water partition coefficient (Wildman–Crippen LogP) is 5.46. The van der Waals surface area contributed by atoms with E-state index in [2.05, 4.69) is 34.2 Å². The Kier molecular flexibility index (Phi) is 8.74. The fourth-order valence-corrected chi connectivity index (χ4v) is 5.89. The molecule has 0 saturated carbocycles. The van der Waals surface area contributed by atoms with Gasteiger partial charge in [-0.15, -0.1) is 0 Å². The van der Waals surface area contributed by atoms with Gasteiger partial charge in [-0.2, -0.15) is 5.10 Å². The molecule has 1 N–H and O–H groups in total. The summed E-state index contributed by atoms with van der Waals surface area (Å²) in [4.78, 5) is 13.1. The van der Waals surface area contributed by atoms with E-state index in [9.17, 15) is 13.2 Å². The molecule has 0 bridgehead atoms. The Morgan fingerprint density at radius 3 is 2.30 bits per heavy atom. The van der Waals surface area contributed by atoms with Crippen LogP contribution < -0.4 is 14.5 Å². The summed E-state index contributed by atoms with van der Waals surface area (Å²) in [7, 11) is -4.04. The van der Waals surface area contributed by atoms with Crippen molar-refractivity contribution in [2.45, 2.75) is 39.5 Å². The minimum atomic E-state index is -4.04. The van der Waals surface area contributed by atoms with Crippen molar-refractivity contribution in [3.63, 3.8) is 0 Å². The van der Waals surface area contributed by atoms with E-state index in [1.54, 1.807) is 42.6 Å². The SMILES string of the molecule is CCOc1ccc(N(CC(=O)N/N=C/c2cc(C)n(-c3ccccc3C)c2C)S(=O)(=O)c2ccc(C)cc2)cc1. The number of para-hydroxylation sites is 1. The minimum Gasteiger partial charge on any atom is -0.494 e. The third kappa shape index (κ3) is 6.26. The molecule has 0 aliphatic rings. The van der Waals surface area contributed by atoms with Crippen LogP contribution in [0.5, 0.6) is 5.75 Å². The van der Waals surface area contributed by atoms with Crippen LogP contribution in [0.4, 0.5) is 5.69 Å². The molecule has 0 atom stereocenters. The third-order valence-corrected chi connectivity index (χ3v) is 8.34. The number of aryl methyl sites for hydroxylation is 3. The van der Waals surface area contributed by atoms with E-state index in [-0.39, 0.29) is 4.90 Å². The summed E-state index contributed by atoms with van der Waals surface area (Å²) in [6.45, 7) is 9.84. The van der Waals surface area contributed by atoms with Crippen LogP contribution in [0, 0.1) is 27.7 Å². The van der Waals surface area contributed by atoms with Crippen molar-refractivity contribution in [2.75, 3.05) is 17.5 Å². The maximum absolute atomic E-state index is 13.6. The van der Waals surface area contributed by atoms with Gasteiger partial charge in [0.1, 0.15) is 12.3 Å². The third-order valence-electron chi connectivity index (χ3n) is 6.55. The van der Waals surface area contributed by atoms with E-state index >= 15 is 0 Å². The first-order chi connectivity index (χ1) is 19.1. The van der Waals surface area contributed by atoms with Gasteiger partial charge in [0.15, 0.2) is 0 Å². The lowest BCUT2D eigenvalue weighted by Gasteiger charge is -2.24. The Balaban J connectivity index is 1.56. The molecule has 3 aromatic carbocycles. The molecule has 1 heterocycles. The number of amides is 1. The van der Waals surface area contributed by atoms with E-state index in [1.165, 1.54) is 12.1 Å². The Morgan fingerprint density at radius 2 is 1.65 bits per heavy atom. The molecule has 0 saturated heterocycles. The normalized spacial score (nSPS) is 11.5. The van der Waals surface area contributed by atoms with Gasteiger partial charge in [-0.05, 0) is 88.7 Å². The molecule has 8 nitrogen and oxygen atoms in total. The zero-order valence-corrected chi connectivity index (χ0v) is 24.2. The second kappa shape index (κ2) is 12.2. The van der Waals surface area contributed by atoms with E-state index in [4.69, 9.17) is 4.74 Å². The average Bonchev–Trinajstić information content (AvgIpc) is 3.21. The minimum absolute atomic E-state index is 0.0898. The van der Waals surface area contributed by atoms with Gasteiger partial charge >= 0.3 is 0 Å². The number of sulfonamides is 1. The van der Waals surface area contributed by atoms with Crippen molar-refractivity contribution in [3.05, 3.63) is 107 Å². The highest BCUT2D eigenvalue weighted by Gasteiger charge is 2.27. The van der Waals surface area contributed by atoms with Crippen molar-refractivity contribution in [3.8, 4) is 11.4 Å². The highest BCUT2D eigenvalue weighted by molar-refractivity contribution is 7.92. The molecule has 0 unspecified atom stereocenters. The lowest BCUT2D eigenvalue weighted by Crippen LogP contribution is -2.39. The van der Waals surface area contributed by atoms with E-state index in [1.807, 2.05) is 45.9 Å². The number of ether oxygens (including phenoxy) is 1. The fourth-order valence-electron chi connectivity index (χ4n) is 4.47. The second-order valence-electron chi connectivity index (χ2n) is 9.49. The monoisotopic (exact) mass is 558 g/mol. The van der Waals surface area contributed by atoms with Crippen LogP contribution in [-0.2, 0) is 14.8 Å². The standard InChI is InChI=1S/C31H34N4O4S/c1-6-39-28-15-13-27(14-16-28)34(40(37,38)29-17-11-22(2)12-18-29)21-31(36)33-32-20-26-19-24(4)35(25(26)5)30-10-8-7-9-23(30)3/h7-20H,6,21H2,1-5H3,(H,33,36)/b32-20+. The largest absolute Gasteiger partial charge is 0.494 e. The summed E-state index contributed by atoms with van der Waals surface area (Å²) >= 11 is 0. The van der Waals surface area contributed by atoms with Gasteiger partial charge in [-0.1, -0.05) is 35.9 Å². The lowest BCUT2D eigenvalue weighted by molar-refractivity contribution is -0.119. The van der Waals surface area contributed by atoms with Crippen molar-refractivity contribution in [1.82, 2.24) is 9.99 Å². The fraction of sp³-hybridized carbons (Fsp3) is 0.226. The zero-order chi connectivity index (χ0) is 28.9. The van der Waals surface area contributed by atoms with Crippen molar-refractivity contribution in [1.29, 1.82) is 0 Å². The van der Waals surface area contributed by atoms with E-state index in [0.717, 1.165) is 38.1 Å². The van der Waals surface area contributed by atoms with Crippen LogP contribution in [-0.4, -0.2) is 38.3 Å². The van der Waals surface area contributed by atoms with E-state index < -0.39 is 22.5 Å². The van der Waals surface area contributed by atoms with Crippen LogP contribution in [0.1, 0.15) is 35.0 Å². The molecule has 40 heavy (non-hydrogen) atoms. The number of hydrogen-bond acceptors (Lipinski definition) is 5. The van der Waals surface area contributed by atoms with Crippen LogP contribution in [0.15, 0.2) is 88.9 Å². The molecule has 208 valence electrons. The van der Waals surface area contributed by atoms with Gasteiger partial charge < -0.3 is 9.30 Å². The van der Waals surface area contributed by atoms with Gasteiger partial charge in [0.2, 0.25) is 0 Å². The maximum atomic E-state index is 13.6. The Hall–Kier alpha value is -4.37. The molecule has 0 aliphatic heterocycles. The van der Waals surface area contributed by atoms with Crippen LogP contribution in [0.3, 0.4) is 0 Å². The number of carbonyl (C=O) groups is 1. The number of carbonyl (C=O) groups excluding carboxylic acids is 1. The van der Waals surface area contributed by atoms with Crippen LogP contribution >= 0.6 is 0 Å². The number of hydrogen-bond donors (Lipinski definition) is 1. The first-order valence-electron chi connectivity index (χ1n) is 13.0. The molecule has 0 radical (unpaired) electrons. The molecule has 1 amide bonds. The van der Waals surface area contributed by atoms with Crippen LogP contribution in [0.2, 0.25) is 0 Å². The first-order valence-corrected chi connectivity index (χ1v) is 14.4. The number of anilines is 1. The summed E-state index contributed by atoms with van der Waals surface area (Å²) in [6, 6.07) is 23.2. The second-order valence-corrected chi connectivity index (χ2v) is 11.4. The number of benzene rings is 3. The molecule has 0 spiro atoms. The van der Waals surface area contributed by atoms with Gasteiger partial charge in [0.25, 0.3) is 15.9 Å². The maximum Gasteiger partial charge on any atom is 0.264 e. The van der Waals surface area contributed by atoms with Gasteiger partial charge in [-0.3, -0.25) is 9.10 Å². The molecule has 0 aliphatic carbocycles. The van der Waals surface area contributed by atoms with E-state index in [0.29, 0.717) is 18.0 Å². The van der Waals surface area contributed by atoms with Crippen molar-refractivity contribution < 1.29 is 17.9 Å². The van der Waals surface area contributed by atoms with Gasteiger partial charge in [-0.25, -0.2) is 13.8 Å². The summed E-state index contributed by atoms with van der Waals surface area (Å²) in [5.41, 5.74) is 8.83. The summed E-state index contributed by atoms with van der Waals surface area (Å²) in [5.74, 6) is 0.0322. The van der Waals surface area contributed by atoms with Crippen molar-refractivity contribution >= 4 is 27.8 Å². The number of aromatic nitrogens is 1. The van der Waals surface area contributed by atoms with Gasteiger partial charge in [0.05, 0.1) is 23.4 Å². The van der Waals surface area contributed by atoms with Gasteiger partial charge in [0, 0.05) is 22.6 Å². The van der Waals surface area contributed by atoms with Crippen molar-refractivity contribution in [2.24, 2.45) is 5.10 Å². The topological polar surface area (TPSA) is 93.0 Å². The first kappa shape index (κ1) is 28.6. The molecule has 9 heteroatoms. The number of rotatable bonds is 10. The zero-order valence-electron chi connectivity index (χ0n) is 23.4. The quantitative estimate of drug-likeness (QED) is 0.207. The summed E-state index contributed by atoms with van der Waals surface area (Å²) < 4.78 is 35.9. The summed E-state index contributed by atoms with van der Waals surface area (Å²) in [5, 5.41) is 4.15. The Morgan fingerprint density at radius 1 is 0.975 bits per heavy atom. The lowest BCUT2D eigenvalue weighted by atomic mass is 10.2. The van der Waals surface area contributed by atoms with Crippen LogP contribution in [0.25, 0.3) is 5.69 Å². The molecular formula is C31H34N4O4S. The number of nitrogens with one attached hydrogen (secondary N) is 1. The number of hydrazone groups is 1. The highest BCUT2D eigenvalue weighted by Crippen LogP contribution is 2.26. The predicted molar refractivity (Wildman–Crippen MR) is 159 cm³/mol. The average molecular weight is 559 g/mol. The number of nitrogens with zero attached hydrogens (tertiary/aromatic N) is 3. The molecule has 4 rings (SSSR count). The molecule has 0 fully saturated rings.